The first-order chi connectivity index (χ1) is 10.0. The zero-order valence-electron chi connectivity index (χ0n) is 11.3. The molecule has 0 N–H and O–H groups in total. The van der Waals surface area contributed by atoms with E-state index in [-0.39, 0.29) is 16.9 Å². The van der Waals surface area contributed by atoms with Crippen molar-refractivity contribution in [2.75, 3.05) is 17.2 Å². The summed E-state index contributed by atoms with van der Waals surface area (Å²) >= 11 is 8.73. The third-order valence-electron chi connectivity index (χ3n) is 3.30. The average Bonchev–Trinajstić information content (AvgIpc) is 2.99. The summed E-state index contributed by atoms with van der Waals surface area (Å²) in [6, 6.07) is 5.52. The first kappa shape index (κ1) is 14.8. The first-order valence-electron chi connectivity index (χ1n) is 6.53. The van der Waals surface area contributed by atoms with Gasteiger partial charge in [-0.1, -0.05) is 34.7 Å². The molecule has 2 aromatic rings. The molecule has 0 saturated carbocycles. The molecule has 21 heavy (non-hydrogen) atoms. The lowest BCUT2D eigenvalue weighted by Gasteiger charge is -2.12. The number of benzene rings is 1. The lowest BCUT2D eigenvalue weighted by molar-refractivity contribution is -0.117. The fraction of sp³-hybridized carbons (Fsp3) is 0.357. The molecule has 1 saturated heterocycles. The van der Waals surface area contributed by atoms with E-state index < -0.39 is 0 Å². The number of hydrogen-bond donors (Lipinski definition) is 0. The van der Waals surface area contributed by atoms with Gasteiger partial charge in [0.25, 0.3) is 0 Å². The highest BCUT2D eigenvalue weighted by molar-refractivity contribution is 8.13. The van der Waals surface area contributed by atoms with Gasteiger partial charge in [0.1, 0.15) is 0 Å². The van der Waals surface area contributed by atoms with Crippen LogP contribution in [0.5, 0.6) is 0 Å². The normalized spacial score (nSPS) is 18.7. The van der Waals surface area contributed by atoms with Crippen LogP contribution >= 0.6 is 34.7 Å². The number of fused-ring (bicyclic) bond motifs is 1. The minimum atomic E-state index is 0.0781. The SMILES string of the molecule is CC(=O)SCC1CC(=O)N(c2nc3ccc(Cl)cc3s2)C1. The number of carbonyl (C=O) groups is 2. The van der Waals surface area contributed by atoms with Gasteiger partial charge in [-0.05, 0) is 24.1 Å². The number of nitrogens with zero attached hydrogens (tertiary/aromatic N) is 2. The lowest BCUT2D eigenvalue weighted by Crippen LogP contribution is -2.24. The number of thiazole rings is 1. The monoisotopic (exact) mass is 340 g/mol. The van der Waals surface area contributed by atoms with Crippen LogP contribution in [0, 0.1) is 5.92 Å². The summed E-state index contributed by atoms with van der Waals surface area (Å²) in [6.07, 6.45) is 0.483. The molecule has 1 amide bonds. The van der Waals surface area contributed by atoms with E-state index in [1.165, 1.54) is 23.1 Å². The number of amides is 1. The minimum absolute atomic E-state index is 0.0781. The fourth-order valence-corrected chi connectivity index (χ4v) is 4.28. The van der Waals surface area contributed by atoms with E-state index >= 15 is 0 Å². The standard InChI is InChI=1S/C14H13ClN2O2S2/c1-8(18)20-7-9-4-13(19)17(6-9)14-16-11-3-2-10(15)5-12(11)21-14/h2-3,5,9H,4,6-7H2,1H3. The lowest BCUT2D eigenvalue weighted by atomic mass is 10.1. The van der Waals surface area contributed by atoms with E-state index in [2.05, 4.69) is 4.98 Å². The predicted octanol–water partition coefficient (Wildman–Crippen LogP) is 3.58. The van der Waals surface area contributed by atoms with Crippen molar-refractivity contribution in [3.8, 4) is 0 Å². The van der Waals surface area contributed by atoms with Crippen molar-refractivity contribution in [2.45, 2.75) is 13.3 Å². The largest absolute Gasteiger partial charge is 0.288 e. The van der Waals surface area contributed by atoms with Crippen molar-refractivity contribution in [2.24, 2.45) is 5.92 Å². The van der Waals surface area contributed by atoms with Gasteiger partial charge in [-0.15, -0.1) is 0 Å². The van der Waals surface area contributed by atoms with Crippen LogP contribution in [0.1, 0.15) is 13.3 Å². The van der Waals surface area contributed by atoms with E-state index in [0.717, 1.165) is 10.2 Å². The van der Waals surface area contributed by atoms with Gasteiger partial charge in [0.15, 0.2) is 10.2 Å². The van der Waals surface area contributed by atoms with Gasteiger partial charge in [0.2, 0.25) is 5.91 Å². The van der Waals surface area contributed by atoms with Gasteiger partial charge in [0, 0.05) is 30.7 Å². The third kappa shape index (κ3) is 3.22. The van der Waals surface area contributed by atoms with Crippen molar-refractivity contribution in [1.29, 1.82) is 0 Å². The van der Waals surface area contributed by atoms with Crippen LogP contribution in [-0.2, 0) is 9.59 Å². The van der Waals surface area contributed by atoms with Crippen molar-refractivity contribution < 1.29 is 9.59 Å². The summed E-state index contributed by atoms with van der Waals surface area (Å²) < 4.78 is 0.979. The third-order valence-corrected chi connectivity index (χ3v) is 5.62. The molecular weight excluding hydrogens is 328 g/mol. The molecule has 110 valence electrons. The number of hydrogen-bond acceptors (Lipinski definition) is 5. The molecule has 1 aliphatic heterocycles. The molecule has 0 bridgehead atoms. The Morgan fingerprint density at radius 3 is 3.14 bits per heavy atom. The van der Waals surface area contributed by atoms with Gasteiger partial charge >= 0.3 is 0 Å². The molecule has 1 aliphatic rings. The van der Waals surface area contributed by atoms with E-state index in [9.17, 15) is 9.59 Å². The van der Waals surface area contributed by atoms with Crippen LogP contribution in [0.3, 0.4) is 0 Å². The molecule has 1 fully saturated rings. The Hall–Kier alpha value is -1.11. The summed E-state index contributed by atoms with van der Waals surface area (Å²) in [7, 11) is 0. The van der Waals surface area contributed by atoms with Gasteiger partial charge in [-0.25, -0.2) is 4.98 Å². The maximum absolute atomic E-state index is 12.1. The summed E-state index contributed by atoms with van der Waals surface area (Å²) in [5.41, 5.74) is 0.855. The molecule has 0 radical (unpaired) electrons. The highest BCUT2D eigenvalue weighted by atomic mass is 35.5. The summed E-state index contributed by atoms with van der Waals surface area (Å²) in [5.74, 6) is 0.977. The number of anilines is 1. The van der Waals surface area contributed by atoms with Crippen LogP contribution in [0.2, 0.25) is 5.02 Å². The summed E-state index contributed by atoms with van der Waals surface area (Å²) in [6.45, 7) is 2.18. The maximum Gasteiger partial charge on any atom is 0.229 e. The van der Waals surface area contributed by atoms with E-state index in [0.29, 0.717) is 28.9 Å². The highest BCUT2D eigenvalue weighted by Gasteiger charge is 2.32. The van der Waals surface area contributed by atoms with Crippen molar-refractivity contribution >= 4 is 61.1 Å². The van der Waals surface area contributed by atoms with Gasteiger partial charge in [-0.2, -0.15) is 0 Å². The minimum Gasteiger partial charge on any atom is -0.288 e. The van der Waals surface area contributed by atoms with Gasteiger partial charge in [-0.3, -0.25) is 14.5 Å². The van der Waals surface area contributed by atoms with Crippen LogP contribution in [-0.4, -0.2) is 28.3 Å². The average molecular weight is 341 g/mol. The van der Waals surface area contributed by atoms with Crippen LogP contribution in [0.25, 0.3) is 10.2 Å². The summed E-state index contributed by atoms with van der Waals surface area (Å²) in [4.78, 5) is 29.4. The molecule has 1 atom stereocenters. The van der Waals surface area contributed by atoms with Crippen molar-refractivity contribution in [3.05, 3.63) is 23.2 Å². The van der Waals surface area contributed by atoms with Gasteiger partial charge in [0.05, 0.1) is 10.2 Å². The number of halogens is 1. The second-order valence-electron chi connectivity index (χ2n) is 4.99. The zero-order chi connectivity index (χ0) is 15.0. The topological polar surface area (TPSA) is 50.3 Å². The van der Waals surface area contributed by atoms with Crippen LogP contribution in [0.15, 0.2) is 18.2 Å². The van der Waals surface area contributed by atoms with Crippen molar-refractivity contribution in [3.63, 3.8) is 0 Å². The van der Waals surface area contributed by atoms with E-state index in [1.807, 2.05) is 12.1 Å². The molecule has 7 heteroatoms. The number of thioether (sulfide) groups is 1. The number of carbonyl (C=O) groups excluding carboxylic acids is 2. The molecule has 3 rings (SSSR count). The van der Waals surface area contributed by atoms with E-state index in [1.54, 1.807) is 17.9 Å². The molecule has 1 unspecified atom stereocenters. The second kappa shape index (κ2) is 5.94. The Kier molecular flexibility index (Phi) is 4.19. The Labute approximate surface area is 135 Å². The van der Waals surface area contributed by atoms with E-state index in [4.69, 9.17) is 11.6 Å². The smallest absolute Gasteiger partial charge is 0.229 e. The Bertz CT molecular complexity index is 716. The quantitative estimate of drug-likeness (QED) is 0.856. The summed E-state index contributed by atoms with van der Waals surface area (Å²) in [5, 5.41) is 1.48. The molecule has 0 aliphatic carbocycles. The van der Waals surface area contributed by atoms with Gasteiger partial charge < -0.3 is 0 Å². The predicted molar refractivity (Wildman–Crippen MR) is 88.2 cm³/mol. The Morgan fingerprint density at radius 1 is 1.57 bits per heavy atom. The molecular formula is C14H13ClN2O2S2. The zero-order valence-corrected chi connectivity index (χ0v) is 13.7. The van der Waals surface area contributed by atoms with Crippen LogP contribution < -0.4 is 4.90 Å². The molecule has 2 heterocycles. The maximum atomic E-state index is 12.1. The molecule has 1 aromatic heterocycles. The van der Waals surface area contributed by atoms with Crippen molar-refractivity contribution in [1.82, 2.24) is 4.98 Å². The first-order valence-corrected chi connectivity index (χ1v) is 8.71. The Balaban J connectivity index is 1.79. The van der Waals surface area contributed by atoms with Crippen LogP contribution in [0.4, 0.5) is 5.13 Å². The Morgan fingerprint density at radius 2 is 2.38 bits per heavy atom. The highest BCUT2D eigenvalue weighted by Crippen LogP contribution is 2.34. The molecule has 4 nitrogen and oxygen atoms in total. The second-order valence-corrected chi connectivity index (χ2v) is 7.63. The fourth-order valence-electron chi connectivity index (χ4n) is 2.32. The molecule has 0 spiro atoms. The molecule has 1 aromatic carbocycles. The number of rotatable bonds is 3. The number of aromatic nitrogens is 1.